The second-order valence-corrected chi connectivity index (χ2v) is 5.18. The van der Waals surface area contributed by atoms with Gasteiger partial charge in [-0.15, -0.1) is 0 Å². The standard InChI is InChI=1S/C18H19N5O/c1-14-12-21-18(22-15-6-5-9-19-13-15)23-17(14)20-10-11-24-16-7-3-2-4-8-16/h2-9,12-13H,10-11H2,1H3,(H2,20,21,22,23). The average molecular weight is 321 g/mol. The second-order valence-electron chi connectivity index (χ2n) is 5.18. The van der Waals surface area contributed by atoms with Crippen molar-refractivity contribution in [3.8, 4) is 5.75 Å². The molecule has 3 aromatic rings. The Labute approximate surface area is 141 Å². The summed E-state index contributed by atoms with van der Waals surface area (Å²) < 4.78 is 5.66. The van der Waals surface area contributed by atoms with Crippen LogP contribution in [0, 0.1) is 6.92 Å². The van der Waals surface area contributed by atoms with E-state index in [-0.39, 0.29) is 0 Å². The molecule has 122 valence electrons. The largest absolute Gasteiger partial charge is 0.492 e. The molecule has 6 heteroatoms. The molecule has 0 saturated heterocycles. The van der Waals surface area contributed by atoms with Crippen LogP contribution in [0.4, 0.5) is 17.5 Å². The van der Waals surface area contributed by atoms with E-state index >= 15 is 0 Å². The summed E-state index contributed by atoms with van der Waals surface area (Å²) >= 11 is 0. The highest BCUT2D eigenvalue weighted by Crippen LogP contribution is 2.16. The normalized spacial score (nSPS) is 10.2. The fraction of sp³-hybridized carbons (Fsp3) is 0.167. The van der Waals surface area contributed by atoms with Crippen molar-refractivity contribution < 1.29 is 4.74 Å². The van der Waals surface area contributed by atoms with Gasteiger partial charge in [0.05, 0.1) is 18.4 Å². The monoisotopic (exact) mass is 321 g/mol. The summed E-state index contributed by atoms with van der Waals surface area (Å²) in [5, 5.41) is 6.41. The van der Waals surface area contributed by atoms with E-state index in [0.717, 1.165) is 22.8 Å². The van der Waals surface area contributed by atoms with Crippen molar-refractivity contribution in [2.75, 3.05) is 23.8 Å². The molecule has 0 atom stereocenters. The zero-order chi connectivity index (χ0) is 16.6. The van der Waals surface area contributed by atoms with Crippen molar-refractivity contribution in [1.29, 1.82) is 0 Å². The molecule has 2 N–H and O–H groups in total. The van der Waals surface area contributed by atoms with E-state index in [4.69, 9.17) is 4.74 Å². The van der Waals surface area contributed by atoms with E-state index in [1.165, 1.54) is 0 Å². The fourth-order valence-electron chi connectivity index (χ4n) is 2.10. The number of para-hydroxylation sites is 1. The summed E-state index contributed by atoms with van der Waals surface area (Å²) in [6, 6.07) is 13.5. The number of benzene rings is 1. The Morgan fingerprint density at radius 1 is 1.04 bits per heavy atom. The summed E-state index contributed by atoms with van der Waals surface area (Å²) in [5.74, 6) is 2.17. The van der Waals surface area contributed by atoms with Crippen LogP contribution in [0.5, 0.6) is 5.75 Å². The first-order chi connectivity index (χ1) is 11.8. The number of aromatic nitrogens is 3. The highest BCUT2D eigenvalue weighted by molar-refractivity contribution is 5.54. The minimum Gasteiger partial charge on any atom is -0.492 e. The van der Waals surface area contributed by atoms with Crippen LogP contribution in [0.15, 0.2) is 61.1 Å². The maximum absolute atomic E-state index is 5.66. The number of hydrogen-bond donors (Lipinski definition) is 2. The summed E-state index contributed by atoms with van der Waals surface area (Å²) in [4.78, 5) is 12.8. The maximum Gasteiger partial charge on any atom is 0.229 e. The molecule has 0 aliphatic rings. The van der Waals surface area contributed by atoms with Crippen LogP contribution in [-0.4, -0.2) is 28.1 Å². The van der Waals surface area contributed by atoms with Gasteiger partial charge in [0.1, 0.15) is 18.2 Å². The Bertz CT molecular complexity index is 765. The lowest BCUT2D eigenvalue weighted by Gasteiger charge is -2.11. The van der Waals surface area contributed by atoms with E-state index in [1.807, 2.05) is 49.4 Å². The van der Waals surface area contributed by atoms with Crippen molar-refractivity contribution in [1.82, 2.24) is 15.0 Å². The summed E-state index contributed by atoms with van der Waals surface area (Å²) in [7, 11) is 0. The first kappa shape index (κ1) is 15.7. The van der Waals surface area contributed by atoms with Crippen molar-refractivity contribution in [3.05, 3.63) is 66.6 Å². The van der Waals surface area contributed by atoms with Gasteiger partial charge in [0.25, 0.3) is 0 Å². The van der Waals surface area contributed by atoms with Crippen LogP contribution in [0.1, 0.15) is 5.56 Å². The Kier molecular flexibility index (Phi) is 5.19. The van der Waals surface area contributed by atoms with Gasteiger partial charge in [-0.25, -0.2) is 4.98 Å². The average Bonchev–Trinajstić information content (AvgIpc) is 2.63. The van der Waals surface area contributed by atoms with Gasteiger partial charge in [0.2, 0.25) is 5.95 Å². The van der Waals surface area contributed by atoms with Crippen LogP contribution in [0.3, 0.4) is 0 Å². The van der Waals surface area contributed by atoms with E-state index in [9.17, 15) is 0 Å². The van der Waals surface area contributed by atoms with Gasteiger partial charge in [-0.3, -0.25) is 4.98 Å². The van der Waals surface area contributed by atoms with Crippen LogP contribution in [0.2, 0.25) is 0 Å². The van der Waals surface area contributed by atoms with E-state index in [2.05, 4.69) is 25.6 Å². The van der Waals surface area contributed by atoms with Gasteiger partial charge < -0.3 is 15.4 Å². The number of anilines is 3. The zero-order valence-electron chi connectivity index (χ0n) is 13.4. The molecule has 1 aromatic carbocycles. The topological polar surface area (TPSA) is 72.0 Å². The van der Waals surface area contributed by atoms with Gasteiger partial charge in [-0.2, -0.15) is 4.98 Å². The molecule has 0 amide bonds. The molecular formula is C18H19N5O. The number of hydrogen-bond acceptors (Lipinski definition) is 6. The van der Waals surface area contributed by atoms with Crippen LogP contribution < -0.4 is 15.4 Å². The highest BCUT2D eigenvalue weighted by atomic mass is 16.5. The number of nitrogens with one attached hydrogen (secondary N) is 2. The molecular weight excluding hydrogens is 302 g/mol. The van der Waals surface area contributed by atoms with Gasteiger partial charge >= 0.3 is 0 Å². The Balaban J connectivity index is 1.56. The maximum atomic E-state index is 5.66. The lowest BCUT2D eigenvalue weighted by atomic mass is 10.3. The lowest BCUT2D eigenvalue weighted by molar-refractivity contribution is 0.332. The minimum absolute atomic E-state index is 0.528. The Morgan fingerprint density at radius 3 is 2.71 bits per heavy atom. The lowest BCUT2D eigenvalue weighted by Crippen LogP contribution is -2.14. The Morgan fingerprint density at radius 2 is 1.92 bits per heavy atom. The molecule has 0 aliphatic carbocycles. The predicted molar refractivity (Wildman–Crippen MR) is 94.7 cm³/mol. The summed E-state index contributed by atoms with van der Waals surface area (Å²) in [6.07, 6.45) is 5.23. The first-order valence-corrected chi connectivity index (χ1v) is 7.74. The Hall–Kier alpha value is -3.15. The first-order valence-electron chi connectivity index (χ1n) is 7.74. The molecule has 0 radical (unpaired) electrons. The quantitative estimate of drug-likeness (QED) is 0.650. The van der Waals surface area contributed by atoms with Crippen molar-refractivity contribution in [2.45, 2.75) is 6.92 Å². The predicted octanol–water partition coefficient (Wildman–Crippen LogP) is 3.41. The molecule has 6 nitrogen and oxygen atoms in total. The molecule has 2 heterocycles. The molecule has 24 heavy (non-hydrogen) atoms. The van der Waals surface area contributed by atoms with Gasteiger partial charge in [0, 0.05) is 18.0 Å². The van der Waals surface area contributed by atoms with Crippen LogP contribution >= 0.6 is 0 Å². The SMILES string of the molecule is Cc1cnc(Nc2cccnc2)nc1NCCOc1ccccc1. The fourth-order valence-corrected chi connectivity index (χ4v) is 2.10. The third-order valence-corrected chi connectivity index (χ3v) is 3.30. The number of ether oxygens (including phenoxy) is 1. The van der Waals surface area contributed by atoms with Crippen molar-refractivity contribution in [2.24, 2.45) is 0 Å². The molecule has 0 aliphatic heterocycles. The number of rotatable bonds is 7. The molecule has 0 saturated carbocycles. The van der Waals surface area contributed by atoms with E-state index < -0.39 is 0 Å². The molecule has 0 bridgehead atoms. The minimum atomic E-state index is 0.528. The number of pyridine rings is 1. The van der Waals surface area contributed by atoms with E-state index in [1.54, 1.807) is 18.6 Å². The van der Waals surface area contributed by atoms with Gasteiger partial charge in [0.15, 0.2) is 0 Å². The van der Waals surface area contributed by atoms with E-state index in [0.29, 0.717) is 19.1 Å². The van der Waals surface area contributed by atoms with Crippen LogP contribution in [-0.2, 0) is 0 Å². The van der Waals surface area contributed by atoms with Crippen molar-refractivity contribution >= 4 is 17.5 Å². The van der Waals surface area contributed by atoms with Gasteiger partial charge in [-0.1, -0.05) is 18.2 Å². The molecule has 0 fully saturated rings. The molecule has 3 rings (SSSR count). The third-order valence-electron chi connectivity index (χ3n) is 3.30. The van der Waals surface area contributed by atoms with Gasteiger partial charge in [-0.05, 0) is 31.2 Å². The summed E-state index contributed by atoms with van der Waals surface area (Å²) in [6.45, 7) is 3.17. The second kappa shape index (κ2) is 7.92. The summed E-state index contributed by atoms with van der Waals surface area (Å²) in [5.41, 5.74) is 1.83. The molecule has 2 aromatic heterocycles. The molecule has 0 unspecified atom stereocenters. The third kappa shape index (κ3) is 4.42. The zero-order valence-corrected chi connectivity index (χ0v) is 13.4. The van der Waals surface area contributed by atoms with Crippen molar-refractivity contribution in [3.63, 3.8) is 0 Å². The number of aryl methyl sites for hydroxylation is 1. The highest BCUT2D eigenvalue weighted by Gasteiger charge is 2.04. The van der Waals surface area contributed by atoms with Crippen LogP contribution in [0.25, 0.3) is 0 Å². The molecule has 0 spiro atoms. The smallest absolute Gasteiger partial charge is 0.229 e. The number of nitrogens with zero attached hydrogens (tertiary/aromatic N) is 3.